The van der Waals surface area contributed by atoms with Crippen LogP contribution in [-0.4, -0.2) is 35.1 Å². The third-order valence-electron chi connectivity index (χ3n) is 5.26. The van der Waals surface area contributed by atoms with Gasteiger partial charge in [-0.05, 0) is 49.9 Å². The summed E-state index contributed by atoms with van der Waals surface area (Å²) in [5.41, 5.74) is 4.63. The number of amides is 2. The lowest BCUT2D eigenvalue weighted by molar-refractivity contribution is -0.139. The number of hydrogen-bond donors (Lipinski definition) is 1. The van der Waals surface area contributed by atoms with Crippen molar-refractivity contribution in [3.05, 3.63) is 69.7 Å². The van der Waals surface area contributed by atoms with E-state index in [4.69, 9.17) is 11.6 Å². The van der Waals surface area contributed by atoms with Gasteiger partial charge in [0.2, 0.25) is 11.8 Å². The van der Waals surface area contributed by atoms with E-state index < -0.39 is 6.04 Å². The van der Waals surface area contributed by atoms with Crippen molar-refractivity contribution in [1.29, 1.82) is 0 Å². The summed E-state index contributed by atoms with van der Waals surface area (Å²) < 4.78 is 0. The zero-order chi connectivity index (χ0) is 23.5. The molecule has 174 valence electrons. The Morgan fingerprint density at radius 1 is 1.03 bits per heavy atom. The molecule has 2 amide bonds. The highest BCUT2D eigenvalue weighted by Crippen LogP contribution is 2.19. The van der Waals surface area contributed by atoms with Crippen molar-refractivity contribution < 1.29 is 9.59 Å². The van der Waals surface area contributed by atoms with Crippen LogP contribution in [0.1, 0.15) is 55.4 Å². The third-order valence-corrected chi connectivity index (χ3v) is 6.50. The van der Waals surface area contributed by atoms with Crippen LogP contribution in [0.15, 0.2) is 42.5 Å². The largest absolute Gasteiger partial charge is 0.354 e. The molecular weight excluding hydrogens is 440 g/mol. The zero-order valence-corrected chi connectivity index (χ0v) is 21.2. The van der Waals surface area contributed by atoms with E-state index >= 15 is 0 Å². The van der Waals surface area contributed by atoms with Crippen molar-refractivity contribution >= 4 is 35.2 Å². The van der Waals surface area contributed by atoms with Crippen LogP contribution in [0.2, 0.25) is 5.02 Å². The lowest BCUT2D eigenvalue weighted by atomic mass is 10.1. The normalized spacial score (nSPS) is 11.8. The number of aryl methyl sites for hydroxylation is 2. The molecule has 0 aromatic heterocycles. The van der Waals surface area contributed by atoms with Crippen molar-refractivity contribution in [2.75, 3.05) is 12.3 Å². The molecule has 0 spiro atoms. The molecule has 4 nitrogen and oxygen atoms in total. The Bertz CT molecular complexity index is 866. The van der Waals surface area contributed by atoms with Crippen LogP contribution in [0.25, 0.3) is 0 Å². The SMILES string of the molecule is CCCCNC(=O)[C@H](CC)N(Cc1ccc(Cl)cc1)C(=O)CSCc1cc(C)cc(C)c1. The molecule has 1 N–H and O–H groups in total. The van der Waals surface area contributed by atoms with E-state index in [0.29, 0.717) is 30.3 Å². The Morgan fingerprint density at radius 2 is 1.69 bits per heavy atom. The second kappa shape index (κ2) is 13.5. The number of nitrogens with zero attached hydrogens (tertiary/aromatic N) is 1. The molecule has 0 aliphatic heterocycles. The Labute approximate surface area is 202 Å². The van der Waals surface area contributed by atoms with Gasteiger partial charge in [0, 0.05) is 23.9 Å². The minimum absolute atomic E-state index is 0.0215. The summed E-state index contributed by atoms with van der Waals surface area (Å²) in [4.78, 5) is 27.9. The molecule has 0 aliphatic carbocycles. The molecule has 0 saturated heterocycles. The number of thioether (sulfide) groups is 1. The molecule has 0 aliphatic rings. The fourth-order valence-electron chi connectivity index (χ4n) is 3.70. The zero-order valence-electron chi connectivity index (χ0n) is 19.6. The van der Waals surface area contributed by atoms with Gasteiger partial charge in [-0.2, -0.15) is 0 Å². The maximum atomic E-state index is 13.3. The highest BCUT2D eigenvalue weighted by Gasteiger charge is 2.28. The molecule has 6 heteroatoms. The standard InChI is InChI=1S/C26H35ClN2O2S/c1-5-7-12-28-26(31)24(6-2)29(16-21-8-10-23(27)11-9-21)25(30)18-32-17-22-14-19(3)13-20(4)15-22/h8-11,13-15,24H,5-7,12,16-18H2,1-4H3,(H,28,31)/t24-/m0/s1. The second-order valence-corrected chi connectivity index (χ2v) is 9.63. The third kappa shape index (κ3) is 8.51. The lowest BCUT2D eigenvalue weighted by Gasteiger charge is -2.30. The van der Waals surface area contributed by atoms with Crippen LogP contribution < -0.4 is 5.32 Å². The maximum absolute atomic E-state index is 13.3. The molecule has 32 heavy (non-hydrogen) atoms. The molecule has 2 rings (SSSR count). The van der Waals surface area contributed by atoms with Gasteiger partial charge in [-0.25, -0.2) is 0 Å². The summed E-state index contributed by atoms with van der Waals surface area (Å²) >= 11 is 7.61. The van der Waals surface area contributed by atoms with E-state index in [9.17, 15) is 9.59 Å². The number of hydrogen-bond acceptors (Lipinski definition) is 3. The topological polar surface area (TPSA) is 49.4 Å². The van der Waals surface area contributed by atoms with Gasteiger partial charge in [0.1, 0.15) is 6.04 Å². The van der Waals surface area contributed by atoms with E-state index in [-0.39, 0.29) is 11.8 Å². The summed E-state index contributed by atoms with van der Waals surface area (Å²) in [7, 11) is 0. The highest BCUT2D eigenvalue weighted by atomic mass is 35.5. The molecule has 2 aromatic carbocycles. The molecule has 0 heterocycles. The van der Waals surface area contributed by atoms with Crippen LogP contribution in [0, 0.1) is 13.8 Å². The van der Waals surface area contributed by atoms with Gasteiger partial charge in [0.05, 0.1) is 5.75 Å². The Balaban J connectivity index is 2.11. The summed E-state index contributed by atoms with van der Waals surface area (Å²) in [6.45, 7) is 9.24. The summed E-state index contributed by atoms with van der Waals surface area (Å²) in [5, 5.41) is 3.65. The van der Waals surface area contributed by atoms with Gasteiger partial charge in [0.25, 0.3) is 0 Å². The molecule has 1 atom stereocenters. The lowest BCUT2D eigenvalue weighted by Crippen LogP contribution is -2.49. The van der Waals surface area contributed by atoms with Crippen LogP contribution in [0.5, 0.6) is 0 Å². The van der Waals surface area contributed by atoms with E-state index in [0.717, 1.165) is 24.2 Å². The maximum Gasteiger partial charge on any atom is 0.242 e. The van der Waals surface area contributed by atoms with Crippen LogP contribution in [0.4, 0.5) is 0 Å². The van der Waals surface area contributed by atoms with E-state index in [2.05, 4.69) is 44.3 Å². The first kappa shape index (κ1) is 26.3. The van der Waals surface area contributed by atoms with Crippen LogP contribution in [-0.2, 0) is 21.9 Å². The number of halogens is 1. The first-order valence-electron chi connectivity index (χ1n) is 11.3. The quantitative estimate of drug-likeness (QED) is 0.389. The van der Waals surface area contributed by atoms with Gasteiger partial charge >= 0.3 is 0 Å². The molecule has 0 unspecified atom stereocenters. The van der Waals surface area contributed by atoms with E-state index in [1.54, 1.807) is 16.7 Å². The van der Waals surface area contributed by atoms with Crippen molar-refractivity contribution in [3.63, 3.8) is 0 Å². The number of rotatable bonds is 12. The number of unbranched alkanes of at least 4 members (excludes halogenated alkanes) is 1. The number of nitrogens with one attached hydrogen (secondary N) is 1. The Hall–Kier alpha value is -1.98. The fourth-order valence-corrected chi connectivity index (χ4v) is 4.67. The molecular formula is C26H35ClN2O2S. The number of carbonyl (C=O) groups is 2. The van der Waals surface area contributed by atoms with Gasteiger partial charge in [-0.15, -0.1) is 11.8 Å². The van der Waals surface area contributed by atoms with Gasteiger partial charge in [-0.1, -0.05) is 73.3 Å². The van der Waals surface area contributed by atoms with Crippen LogP contribution >= 0.6 is 23.4 Å². The van der Waals surface area contributed by atoms with Gasteiger partial charge < -0.3 is 10.2 Å². The predicted molar refractivity (Wildman–Crippen MR) is 136 cm³/mol. The minimum atomic E-state index is -0.489. The van der Waals surface area contributed by atoms with Gasteiger partial charge in [0.15, 0.2) is 0 Å². The Morgan fingerprint density at radius 3 is 2.28 bits per heavy atom. The van der Waals surface area contributed by atoms with Crippen molar-refractivity contribution in [2.24, 2.45) is 0 Å². The predicted octanol–water partition coefficient (Wildman–Crippen LogP) is 5.91. The first-order chi connectivity index (χ1) is 15.3. The van der Waals surface area contributed by atoms with Gasteiger partial charge in [-0.3, -0.25) is 9.59 Å². The minimum Gasteiger partial charge on any atom is -0.354 e. The molecule has 0 saturated carbocycles. The van der Waals surface area contributed by atoms with Crippen molar-refractivity contribution in [1.82, 2.24) is 10.2 Å². The van der Waals surface area contributed by atoms with Crippen molar-refractivity contribution in [2.45, 2.75) is 65.3 Å². The van der Waals surface area contributed by atoms with Crippen molar-refractivity contribution in [3.8, 4) is 0 Å². The van der Waals surface area contributed by atoms with E-state index in [1.165, 1.54) is 16.7 Å². The molecule has 0 fully saturated rings. The monoisotopic (exact) mass is 474 g/mol. The molecule has 2 aromatic rings. The highest BCUT2D eigenvalue weighted by molar-refractivity contribution is 7.99. The first-order valence-corrected chi connectivity index (χ1v) is 12.8. The Kier molecular flexibility index (Phi) is 11.1. The van der Waals surface area contributed by atoms with Crippen LogP contribution in [0.3, 0.4) is 0 Å². The van der Waals surface area contributed by atoms with E-state index in [1.807, 2.05) is 31.2 Å². The molecule has 0 radical (unpaired) electrons. The summed E-state index contributed by atoms with van der Waals surface area (Å²) in [5.74, 6) is 0.997. The number of carbonyl (C=O) groups excluding carboxylic acids is 2. The number of benzene rings is 2. The average molecular weight is 475 g/mol. The smallest absolute Gasteiger partial charge is 0.242 e. The average Bonchev–Trinajstić information content (AvgIpc) is 2.74. The summed E-state index contributed by atoms with van der Waals surface area (Å²) in [6.07, 6.45) is 2.51. The fraction of sp³-hybridized carbons (Fsp3) is 0.462. The second-order valence-electron chi connectivity index (χ2n) is 8.21. The summed E-state index contributed by atoms with van der Waals surface area (Å²) in [6, 6.07) is 13.4. The molecule has 0 bridgehead atoms.